The topological polar surface area (TPSA) is 50.4 Å². The van der Waals surface area contributed by atoms with Crippen LogP contribution in [0.15, 0.2) is 0 Å². The van der Waals surface area contributed by atoms with Crippen LogP contribution in [-0.4, -0.2) is 44.9 Å². The molecule has 0 fully saturated rings. The minimum absolute atomic E-state index is 0.305. The Balaban J connectivity index is 3.31. The number of nitrogens with one attached hydrogen (secondary N) is 2. The third kappa shape index (κ3) is 11.3. The van der Waals surface area contributed by atoms with Crippen LogP contribution in [0, 0.1) is 0 Å². The molecule has 2 N–H and O–H groups in total. The van der Waals surface area contributed by atoms with Gasteiger partial charge in [0.15, 0.2) is 0 Å². The van der Waals surface area contributed by atoms with Gasteiger partial charge in [0.2, 0.25) is 5.91 Å². The van der Waals surface area contributed by atoms with Gasteiger partial charge in [-0.2, -0.15) is 13.2 Å². The Hall–Kier alpha value is -0.820. The Morgan fingerprint density at radius 1 is 1.31 bits per heavy atom. The Bertz CT molecular complexity index is 198. The predicted octanol–water partition coefficient (Wildman–Crippen LogP) is 0.681. The first-order valence-corrected chi connectivity index (χ1v) is 5.07. The Kier molecular flexibility index (Phi) is 7.92. The van der Waals surface area contributed by atoms with Crippen LogP contribution in [0.5, 0.6) is 0 Å². The summed E-state index contributed by atoms with van der Waals surface area (Å²) in [6.07, 6.45) is -3.38. The highest BCUT2D eigenvalue weighted by Gasteiger charge is 2.27. The van der Waals surface area contributed by atoms with Crippen molar-refractivity contribution < 1.29 is 22.7 Å². The van der Waals surface area contributed by atoms with Gasteiger partial charge in [-0.25, -0.2) is 0 Å². The second-order valence-corrected chi connectivity index (χ2v) is 3.19. The van der Waals surface area contributed by atoms with Gasteiger partial charge in [0.1, 0.15) is 13.2 Å². The van der Waals surface area contributed by atoms with Crippen LogP contribution in [0.1, 0.15) is 13.3 Å². The number of carbonyl (C=O) groups is 1. The molecule has 0 aliphatic heterocycles. The maximum atomic E-state index is 11.7. The van der Waals surface area contributed by atoms with Gasteiger partial charge in [-0.1, -0.05) is 6.92 Å². The molecule has 1 amide bonds. The fourth-order valence-corrected chi connectivity index (χ4v) is 0.861. The maximum Gasteiger partial charge on any atom is 0.405 e. The summed E-state index contributed by atoms with van der Waals surface area (Å²) in [7, 11) is 0. The molecule has 7 heteroatoms. The quantitative estimate of drug-likeness (QED) is 0.615. The van der Waals surface area contributed by atoms with E-state index in [1.807, 2.05) is 6.92 Å². The van der Waals surface area contributed by atoms with E-state index in [4.69, 9.17) is 4.74 Å². The van der Waals surface area contributed by atoms with Gasteiger partial charge < -0.3 is 15.4 Å². The van der Waals surface area contributed by atoms with Gasteiger partial charge in [-0.3, -0.25) is 4.79 Å². The molecule has 0 rings (SSSR count). The van der Waals surface area contributed by atoms with Crippen LogP contribution in [-0.2, 0) is 9.53 Å². The van der Waals surface area contributed by atoms with Gasteiger partial charge in [0, 0.05) is 6.54 Å². The second kappa shape index (κ2) is 8.35. The fraction of sp³-hybridized carbons (Fsp3) is 0.889. The van der Waals surface area contributed by atoms with E-state index in [0.717, 1.165) is 13.0 Å². The van der Waals surface area contributed by atoms with Crippen molar-refractivity contribution in [3.05, 3.63) is 0 Å². The van der Waals surface area contributed by atoms with Crippen LogP contribution in [0.4, 0.5) is 13.2 Å². The molecular weight excluding hydrogens is 225 g/mol. The summed E-state index contributed by atoms with van der Waals surface area (Å²) in [6.45, 7) is 2.09. The highest BCUT2D eigenvalue weighted by molar-refractivity contribution is 5.77. The summed E-state index contributed by atoms with van der Waals surface area (Å²) in [5.74, 6) is -0.757. The first-order chi connectivity index (χ1) is 7.45. The van der Waals surface area contributed by atoms with E-state index in [2.05, 4.69) is 5.32 Å². The lowest BCUT2D eigenvalue weighted by Crippen LogP contribution is -2.36. The molecule has 0 spiro atoms. The highest BCUT2D eigenvalue weighted by atomic mass is 19.4. The molecule has 0 atom stereocenters. The minimum atomic E-state index is -4.38. The zero-order chi connectivity index (χ0) is 12.4. The number of rotatable bonds is 8. The SMILES string of the molecule is CCCNCCOCC(=O)NCC(F)(F)F. The van der Waals surface area contributed by atoms with Crippen LogP contribution < -0.4 is 10.6 Å². The van der Waals surface area contributed by atoms with E-state index in [-0.39, 0.29) is 6.61 Å². The molecule has 0 heterocycles. The van der Waals surface area contributed by atoms with Gasteiger partial charge >= 0.3 is 6.18 Å². The van der Waals surface area contributed by atoms with Crippen molar-refractivity contribution in [1.29, 1.82) is 0 Å². The van der Waals surface area contributed by atoms with Gasteiger partial charge in [-0.05, 0) is 13.0 Å². The molecule has 0 aliphatic carbocycles. The molecule has 0 bridgehead atoms. The fourth-order valence-electron chi connectivity index (χ4n) is 0.861. The number of alkyl halides is 3. The lowest BCUT2D eigenvalue weighted by molar-refractivity contribution is -0.141. The lowest BCUT2D eigenvalue weighted by atomic mass is 10.5. The first kappa shape index (κ1) is 15.2. The third-order valence-electron chi connectivity index (χ3n) is 1.57. The van der Waals surface area contributed by atoms with E-state index in [1.165, 1.54) is 0 Å². The van der Waals surface area contributed by atoms with E-state index in [0.29, 0.717) is 13.2 Å². The molecular formula is C9H17F3N2O2. The zero-order valence-corrected chi connectivity index (χ0v) is 9.19. The number of halogens is 3. The standard InChI is InChI=1S/C9H17F3N2O2/c1-2-3-13-4-5-16-6-8(15)14-7-9(10,11)12/h13H,2-7H2,1H3,(H,14,15). The smallest absolute Gasteiger partial charge is 0.370 e. The number of hydrogen-bond donors (Lipinski definition) is 2. The number of hydrogen-bond acceptors (Lipinski definition) is 3. The van der Waals surface area contributed by atoms with Crippen molar-refractivity contribution in [1.82, 2.24) is 10.6 Å². The first-order valence-electron chi connectivity index (χ1n) is 5.07. The number of ether oxygens (including phenoxy) is 1. The minimum Gasteiger partial charge on any atom is -0.370 e. The van der Waals surface area contributed by atoms with Crippen LogP contribution in [0.2, 0.25) is 0 Å². The highest BCUT2D eigenvalue weighted by Crippen LogP contribution is 2.11. The molecule has 0 radical (unpaired) electrons. The summed E-state index contributed by atoms with van der Waals surface area (Å²) in [6, 6.07) is 0. The number of amides is 1. The summed E-state index contributed by atoms with van der Waals surface area (Å²) in [4.78, 5) is 10.8. The summed E-state index contributed by atoms with van der Waals surface area (Å²) < 4.78 is 39.9. The zero-order valence-electron chi connectivity index (χ0n) is 9.19. The lowest BCUT2D eigenvalue weighted by Gasteiger charge is -2.08. The molecule has 0 unspecified atom stereocenters. The normalized spacial score (nSPS) is 11.5. The number of carbonyl (C=O) groups excluding carboxylic acids is 1. The molecule has 0 aromatic heterocycles. The van der Waals surface area contributed by atoms with E-state index >= 15 is 0 Å². The summed E-state index contributed by atoms with van der Waals surface area (Å²) in [5.41, 5.74) is 0. The van der Waals surface area contributed by atoms with Crippen molar-refractivity contribution in [3.63, 3.8) is 0 Å². The summed E-state index contributed by atoms with van der Waals surface area (Å²) in [5, 5.41) is 4.74. The molecule has 0 saturated heterocycles. The average Bonchev–Trinajstić information content (AvgIpc) is 2.19. The van der Waals surface area contributed by atoms with Crippen molar-refractivity contribution >= 4 is 5.91 Å². The van der Waals surface area contributed by atoms with Gasteiger partial charge in [-0.15, -0.1) is 0 Å². The molecule has 16 heavy (non-hydrogen) atoms. The monoisotopic (exact) mass is 242 g/mol. The Morgan fingerprint density at radius 3 is 2.56 bits per heavy atom. The molecule has 96 valence electrons. The largest absolute Gasteiger partial charge is 0.405 e. The van der Waals surface area contributed by atoms with Crippen LogP contribution in [0.3, 0.4) is 0 Å². The van der Waals surface area contributed by atoms with Gasteiger partial charge in [0.25, 0.3) is 0 Å². The van der Waals surface area contributed by atoms with Crippen molar-refractivity contribution in [3.8, 4) is 0 Å². The predicted molar refractivity (Wildman–Crippen MR) is 53.0 cm³/mol. The molecule has 4 nitrogen and oxygen atoms in total. The average molecular weight is 242 g/mol. The van der Waals surface area contributed by atoms with E-state index < -0.39 is 18.6 Å². The second-order valence-electron chi connectivity index (χ2n) is 3.19. The maximum absolute atomic E-state index is 11.7. The molecule has 0 aromatic rings. The van der Waals surface area contributed by atoms with Crippen molar-refractivity contribution in [2.45, 2.75) is 19.5 Å². The molecule has 0 saturated carbocycles. The molecule has 0 aliphatic rings. The van der Waals surface area contributed by atoms with E-state index in [1.54, 1.807) is 5.32 Å². The Morgan fingerprint density at radius 2 is 2.00 bits per heavy atom. The Labute approximate surface area is 92.5 Å². The van der Waals surface area contributed by atoms with E-state index in [9.17, 15) is 18.0 Å². The van der Waals surface area contributed by atoms with Crippen molar-refractivity contribution in [2.75, 3.05) is 32.8 Å². The third-order valence-corrected chi connectivity index (χ3v) is 1.57. The van der Waals surface area contributed by atoms with Gasteiger partial charge in [0.05, 0.1) is 6.61 Å². The summed E-state index contributed by atoms with van der Waals surface area (Å²) >= 11 is 0. The van der Waals surface area contributed by atoms with Crippen LogP contribution >= 0.6 is 0 Å². The van der Waals surface area contributed by atoms with Crippen molar-refractivity contribution in [2.24, 2.45) is 0 Å². The van der Waals surface area contributed by atoms with Crippen LogP contribution in [0.25, 0.3) is 0 Å². The molecule has 0 aromatic carbocycles.